The second-order valence-corrected chi connectivity index (χ2v) is 3.41. The highest BCUT2D eigenvalue weighted by molar-refractivity contribution is 6.19. The van der Waals surface area contributed by atoms with Gasteiger partial charge in [-0.1, -0.05) is 18.3 Å². The molecule has 1 aliphatic rings. The number of halogens is 1. The van der Waals surface area contributed by atoms with Crippen molar-refractivity contribution in [2.75, 3.05) is 32.3 Å². The van der Waals surface area contributed by atoms with Gasteiger partial charge in [-0.15, -0.1) is 11.6 Å². The first-order valence-corrected chi connectivity index (χ1v) is 5.28. The molecule has 0 radical (unpaired) electrons. The van der Waals surface area contributed by atoms with Crippen LogP contribution < -0.4 is 0 Å². The number of ether oxygens (including phenoxy) is 1. The third-order valence-electron chi connectivity index (χ3n) is 2.09. The van der Waals surface area contributed by atoms with Gasteiger partial charge in [-0.25, -0.2) is 0 Å². The summed E-state index contributed by atoms with van der Waals surface area (Å²) in [6, 6.07) is 0. The summed E-state index contributed by atoms with van der Waals surface area (Å²) in [5, 5.41) is 0. The van der Waals surface area contributed by atoms with E-state index < -0.39 is 0 Å². The molecule has 0 unspecified atom stereocenters. The molecule has 74 valence electrons. The van der Waals surface area contributed by atoms with Crippen molar-refractivity contribution in [2.45, 2.75) is 19.3 Å². The maximum Gasteiger partial charge on any atom is 0.109 e. The summed E-state index contributed by atoms with van der Waals surface area (Å²) in [5.41, 5.74) is 0. The van der Waals surface area contributed by atoms with Gasteiger partial charge in [0.05, 0.1) is 5.88 Å². The van der Waals surface area contributed by atoms with E-state index in [1.807, 2.05) is 0 Å². The lowest BCUT2D eigenvalue weighted by Crippen LogP contribution is -2.31. The van der Waals surface area contributed by atoms with E-state index in [-0.39, 0.29) is 0 Å². The number of alkyl halides is 1. The van der Waals surface area contributed by atoms with Crippen LogP contribution in [0.5, 0.6) is 0 Å². The molecular formula is C10H16ClNO. The van der Waals surface area contributed by atoms with Crippen molar-refractivity contribution in [3.8, 4) is 11.8 Å². The Morgan fingerprint density at radius 3 is 2.62 bits per heavy atom. The first-order valence-electron chi connectivity index (χ1n) is 4.75. The van der Waals surface area contributed by atoms with Gasteiger partial charge in [-0.05, 0) is 12.8 Å². The summed E-state index contributed by atoms with van der Waals surface area (Å²) in [6.45, 7) is 3.56. The molecule has 0 spiro atoms. The van der Waals surface area contributed by atoms with E-state index in [0.29, 0.717) is 12.5 Å². The van der Waals surface area contributed by atoms with E-state index in [1.54, 1.807) is 0 Å². The summed E-state index contributed by atoms with van der Waals surface area (Å²) in [7, 11) is 0. The van der Waals surface area contributed by atoms with E-state index in [4.69, 9.17) is 16.3 Å². The number of hydrogen-bond acceptors (Lipinski definition) is 2. The standard InChI is InChI=1S/C10H16ClNO/c11-6-2-5-9-13-10-12-7-3-1-4-8-12/h1,3-4,6-10H2. The number of rotatable bonds is 3. The summed E-state index contributed by atoms with van der Waals surface area (Å²) < 4.78 is 5.37. The Kier molecular flexibility index (Phi) is 6.01. The Bertz CT molecular complexity index is 179. The highest BCUT2D eigenvalue weighted by atomic mass is 35.5. The molecule has 1 saturated heterocycles. The monoisotopic (exact) mass is 201 g/mol. The zero-order valence-electron chi connectivity index (χ0n) is 7.89. The van der Waals surface area contributed by atoms with Gasteiger partial charge in [0.2, 0.25) is 0 Å². The van der Waals surface area contributed by atoms with Crippen molar-refractivity contribution in [1.29, 1.82) is 0 Å². The molecule has 0 aromatic heterocycles. The fourth-order valence-corrected chi connectivity index (χ4v) is 1.51. The van der Waals surface area contributed by atoms with Gasteiger partial charge in [0, 0.05) is 13.1 Å². The van der Waals surface area contributed by atoms with Crippen molar-refractivity contribution in [3.63, 3.8) is 0 Å². The third-order valence-corrected chi connectivity index (χ3v) is 2.22. The molecule has 0 aromatic rings. The molecule has 0 aliphatic carbocycles. The number of hydrogen-bond donors (Lipinski definition) is 0. The van der Waals surface area contributed by atoms with Gasteiger partial charge < -0.3 is 4.74 Å². The smallest absolute Gasteiger partial charge is 0.109 e. The molecule has 1 heterocycles. The van der Waals surface area contributed by atoms with E-state index in [2.05, 4.69) is 16.7 Å². The number of likely N-dealkylation sites (tertiary alicyclic amines) is 1. The van der Waals surface area contributed by atoms with Crippen LogP contribution in [0.1, 0.15) is 19.3 Å². The van der Waals surface area contributed by atoms with Crippen LogP contribution in [-0.4, -0.2) is 37.2 Å². The van der Waals surface area contributed by atoms with Crippen LogP contribution in [-0.2, 0) is 4.74 Å². The van der Waals surface area contributed by atoms with Crippen LogP contribution >= 0.6 is 11.6 Å². The summed E-state index contributed by atoms with van der Waals surface area (Å²) in [4.78, 5) is 2.33. The fourth-order valence-electron chi connectivity index (χ4n) is 1.41. The molecule has 0 amide bonds. The minimum absolute atomic E-state index is 0.396. The minimum atomic E-state index is 0.396. The lowest BCUT2D eigenvalue weighted by Gasteiger charge is -2.25. The van der Waals surface area contributed by atoms with Crippen LogP contribution in [0, 0.1) is 11.8 Å². The van der Waals surface area contributed by atoms with Crippen LogP contribution in [0.25, 0.3) is 0 Å². The van der Waals surface area contributed by atoms with Gasteiger partial charge in [-0.2, -0.15) is 0 Å². The summed E-state index contributed by atoms with van der Waals surface area (Å²) in [5.74, 6) is 6.00. The largest absolute Gasteiger partial charge is 0.353 e. The molecule has 1 fully saturated rings. The molecular weight excluding hydrogens is 186 g/mol. The van der Waals surface area contributed by atoms with Gasteiger partial charge in [0.25, 0.3) is 0 Å². The Balaban J connectivity index is 1.98. The molecule has 0 aromatic carbocycles. The lowest BCUT2D eigenvalue weighted by molar-refractivity contribution is 0.0352. The van der Waals surface area contributed by atoms with Crippen LogP contribution in [0.4, 0.5) is 0 Å². The molecule has 0 saturated carbocycles. The normalized spacial score (nSPS) is 17.9. The van der Waals surface area contributed by atoms with Crippen molar-refractivity contribution >= 4 is 11.6 Å². The van der Waals surface area contributed by atoms with Crippen LogP contribution in [0.15, 0.2) is 0 Å². The highest BCUT2D eigenvalue weighted by Crippen LogP contribution is 2.07. The van der Waals surface area contributed by atoms with E-state index in [1.165, 1.54) is 32.4 Å². The van der Waals surface area contributed by atoms with Crippen molar-refractivity contribution < 1.29 is 4.74 Å². The van der Waals surface area contributed by atoms with E-state index >= 15 is 0 Å². The molecule has 2 nitrogen and oxygen atoms in total. The number of piperidine rings is 1. The van der Waals surface area contributed by atoms with Crippen molar-refractivity contribution in [1.82, 2.24) is 4.90 Å². The molecule has 3 heteroatoms. The third kappa shape index (κ3) is 5.15. The average molecular weight is 202 g/mol. The Labute approximate surface area is 85.2 Å². The molecule has 0 atom stereocenters. The fraction of sp³-hybridized carbons (Fsp3) is 0.800. The predicted molar refractivity (Wildman–Crippen MR) is 54.7 cm³/mol. The van der Waals surface area contributed by atoms with Crippen molar-refractivity contribution in [3.05, 3.63) is 0 Å². The van der Waals surface area contributed by atoms with Gasteiger partial charge >= 0.3 is 0 Å². The molecule has 0 bridgehead atoms. The average Bonchev–Trinajstić information content (AvgIpc) is 2.19. The topological polar surface area (TPSA) is 12.5 Å². The Morgan fingerprint density at radius 1 is 1.15 bits per heavy atom. The highest BCUT2D eigenvalue weighted by Gasteiger charge is 2.08. The van der Waals surface area contributed by atoms with E-state index in [0.717, 1.165) is 6.73 Å². The quantitative estimate of drug-likeness (QED) is 0.392. The maximum atomic E-state index is 5.39. The molecule has 0 N–H and O–H groups in total. The van der Waals surface area contributed by atoms with E-state index in [9.17, 15) is 0 Å². The van der Waals surface area contributed by atoms with Crippen LogP contribution in [0.2, 0.25) is 0 Å². The van der Waals surface area contributed by atoms with Gasteiger partial charge in [0.1, 0.15) is 13.3 Å². The Morgan fingerprint density at radius 2 is 1.92 bits per heavy atom. The second-order valence-electron chi connectivity index (χ2n) is 3.14. The maximum absolute atomic E-state index is 5.39. The molecule has 1 aliphatic heterocycles. The first kappa shape index (κ1) is 10.8. The molecule has 13 heavy (non-hydrogen) atoms. The lowest BCUT2D eigenvalue weighted by atomic mass is 10.1. The number of nitrogens with zero attached hydrogens (tertiary/aromatic N) is 1. The predicted octanol–water partition coefficient (Wildman–Crippen LogP) is 1.69. The Hall–Kier alpha value is -0.230. The van der Waals surface area contributed by atoms with Gasteiger partial charge in [0.15, 0.2) is 0 Å². The molecule has 1 rings (SSSR count). The zero-order chi connectivity index (χ0) is 9.36. The summed E-state index contributed by atoms with van der Waals surface area (Å²) in [6.07, 6.45) is 3.97. The summed E-state index contributed by atoms with van der Waals surface area (Å²) >= 11 is 5.39. The minimum Gasteiger partial charge on any atom is -0.353 e. The SMILES string of the molecule is ClCC#CCOCN1CCCCC1. The first-order chi connectivity index (χ1) is 6.43. The van der Waals surface area contributed by atoms with Crippen LogP contribution in [0.3, 0.4) is 0 Å². The van der Waals surface area contributed by atoms with Crippen molar-refractivity contribution in [2.24, 2.45) is 0 Å². The zero-order valence-corrected chi connectivity index (χ0v) is 8.65. The van der Waals surface area contributed by atoms with Gasteiger partial charge in [-0.3, -0.25) is 4.90 Å². The second kappa shape index (κ2) is 7.20.